The fourth-order valence-electron chi connectivity index (χ4n) is 0.827. The summed E-state index contributed by atoms with van der Waals surface area (Å²) in [5, 5.41) is 0. The van der Waals surface area contributed by atoms with E-state index in [1.807, 2.05) is 0 Å². The van der Waals surface area contributed by atoms with Crippen molar-refractivity contribution in [3.05, 3.63) is 0 Å². The largest absolute Gasteiger partial charge is 0.296 e. The van der Waals surface area contributed by atoms with E-state index in [0.717, 1.165) is 0 Å². The third kappa shape index (κ3) is 1.68. The molecule has 0 aromatic heterocycles. The van der Waals surface area contributed by atoms with Gasteiger partial charge >= 0.3 is 0 Å². The van der Waals surface area contributed by atoms with Crippen molar-refractivity contribution in [1.29, 1.82) is 0 Å². The van der Waals surface area contributed by atoms with Crippen LogP contribution < -0.4 is 0 Å². The first kappa shape index (κ1) is 12.6. The summed E-state index contributed by atoms with van der Waals surface area (Å²) >= 11 is 20.2. The lowest BCUT2D eigenvalue weighted by atomic mass is 10.3. The summed E-state index contributed by atoms with van der Waals surface area (Å²) < 4.78 is -1.31. The molecule has 0 saturated heterocycles. The first-order chi connectivity index (χ1) is 5.23. The monoisotopic (exact) mass is 552 g/mol. The van der Waals surface area contributed by atoms with Gasteiger partial charge in [-0.25, -0.2) is 0 Å². The zero-order valence-electron chi connectivity index (χ0n) is 5.33. The second-order valence-electron chi connectivity index (χ2n) is 2.37. The number of halogens is 6. The molecule has 0 aromatic rings. The molecule has 0 bridgehead atoms. The fourth-order valence-corrected chi connectivity index (χ4v) is 5.99. The van der Waals surface area contributed by atoms with Crippen molar-refractivity contribution in [1.82, 2.24) is 0 Å². The first-order valence-electron chi connectivity index (χ1n) is 2.81. The van der Waals surface area contributed by atoms with Crippen LogP contribution >= 0.6 is 95.6 Å². The van der Waals surface area contributed by atoms with Crippen molar-refractivity contribution in [2.75, 3.05) is 0 Å². The van der Waals surface area contributed by atoms with E-state index >= 15 is 0 Å². The lowest BCUT2D eigenvalue weighted by Crippen LogP contribution is -2.37. The highest BCUT2D eigenvalue weighted by molar-refractivity contribution is 9.31. The minimum atomic E-state index is -0.782. The molecule has 2 atom stereocenters. The van der Waals surface area contributed by atoms with Crippen LogP contribution in [0.2, 0.25) is 0 Å². The van der Waals surface area contributed by atoms with Crippen LogP contribution in [0.3, 0.4) is 0 Å². The van der Waals surface area contributed by atoms with Gasteiger partial charge in [0.25, 0.3) is 0 Å². The molecular formula is C5H2Br6O. The second kappa shape index (κ2) is 3.85. The molecule has 1 nitrogen and oxygen atoms in total. The van der Waals surface area contributed by atoms with E-state index in [-0.39, 0.29) is 15.4 Å². The van der Waals surface area contributed by atoms with E-state index in [1.54, 1.807) is 0 Å². The number of carbonyl (C=O) groups excluding carboxylic acids is 1. The third-order valence-corrected chi connectivity index (χ3v) is 12.0. The van der Waals surface area contributed by atoms with Gasteiger partial charge in [0.15, 0.2) is 9.02 Å². The molecule has 0 aliphatic heterocycles. The van der Waals surface area contributed by atoms with E-state index in [4.69, 9.17) is 0 Å². The molecule has 0 amide bonds. The van der Waals surface area contributed by atoms with E-state index in [2.05, 4.69) is 95.6 Å². The highest BCUT2D eigenvalue weighted by Crippen LogP contribution is 2.60. The second-order valence-corrected chi connectivity index (χ2v) is 11.3. The number of hydrogen-bond donors (Lipinski definition) is 0. The van der Waals surface area contributed by atoms with Crippen LogP contribution in [0.15, 0.2) is 0 Å². The predicted octanol–water partition coefficient (Wildman–Crippen LogP) is 4.07. The minimum Gasteiger partial charge on any atom is -0.296 e. The Bertz CT molecular complexity index is 224. The molecular weight excluding hydrogens is 555 g/mol. The van der Waals surface area contributed by atoms with Gasteiger partial charge in [-0.3, -0.25) is 4.79 Å². The van der Waals surface area contributed by atoms with Crippen molar-refractivity contribution >= 4 is 101 Å². The van der Waals surface area contributed by atoms with Gasteiger partial charge in [0, 0.05) is 0 Å². The Kier molecular flexibility index (Phi) is 4.05. The van der Waals surface area contributed by atoms with Crippen molar-refractivity contribution in [3.63, 3.8) is 0 Å². The SMILES string of the molecule is O=C1C(Br)C(Br)C(Br)(Br)C1(Br)Br. The topological polar surface area (TPSA) is 17.1 Å². The molecule has 1 rings (SSSR count). The lowest BCUT2D eigenvalue weighted by molar-refractivity contribution is -0.116. The lowest BCUT2D eigenvalue weighted by Gasteiger charge is -2.27. The normalized spacial score (nSPS) is 38.7. The molecule has 7 heteroatoms. The van der Waals surface area contributed by atoms with Crippen molar-refractivity contribution < 1.29 is 4.79 Å². The third-order valence-electron chi connectivity index (χ3n) is 1.58. The molecule has 0 spiro atoms. The molecule has 12 heavy (non-hydrogen) atoms. The Labute approximate surface area is 121 Å². The highest BCUT2D eigenvalue weighted by Gasteiger charge is 2.64. The van der Waals surface area contributed by atoms with Crippen LogP contribution in [0.25, 0.3) is 0 Å². The Morgan fingerprint density at radius 3 is 1.58 bits per heavy atom. The molecule has 1 fully saturated rings. The Hall–Kier alpha value is 2.55. The first-order valence-corrected chi connectivity index (χ1v) is 7.81. The van der Waals surface area contributed by atoms with Crippen LogP contribution in [0.1, 0.15) is 0 Å². The smallest absolute Gasteiger partial charge is 0.177 e. The Morgan fingerprint density at radius 1 is 1.08 bits per heavy atom. The molecule has 1 aliphatic carbocycles. The van der Waals surface area contributed by atoms with E-state index in [0.29, 0.717) is 0 Å². The van der Waals surface area contributed by atoms with Crippen LogP contribution in [0.5, 0.6) is 0 Å². The molecule has 2 unspecified atom stereocenters. The van der Waals surface area contributed by atoms with Crippen LogP contribution in [0, 0.1) is 0 Å². The molecule has 0 aromatic carbocycles. The van der Waals surface area contributed by atoms with Crippen LogP contribution in [-0.2, 0) is 4.79 Å². The highest BCUT2D eigenvalue weighted by atomic mass is 79.9. The summed E-state index contributed by atoms with van der Waals surface area (Å²) in [5.74, 6) is 0.0399. The van der Waals surface area contributed by atoms with Crippen molar-refractivity contribution in [2.24, 2.45) is 0 Å². The maximum Gasteiger partial charge on any atom is 0.177 e. The van der Waals surface area contributed by atoms with Gasteiger partial charge in [-0.15, -0.1) is 0 Å². The number of alkyl halides is 6. The summed E-state index contributed by atoms with van der Waals surface area (Å²) in [6.07, 6.45) is 0. The molecule has 0 N–H and O–H groups in total. The average molecular weight is 557 g/mol. The molecule has 1 saturated carbocycles. The summed E-state index contributed by atoms with van der Waals surface area (Å²) in [5.41, 5.74) is 0. The van der Waals surface area contributed by atoms with E-state index < -0.39 is 6.47 Å². The maximum atomic E-state index is 11.6. The van der Waals surface area contributed by atoms with Crippen molar-refractivity contribution in [3.8, 4) is 0 Å². The minimum absolute atomic E-state index is 0.0313. The number of hydrogen-bond acceptors (Lipinski definition) is 1. The zero-order valence-corrected chi connectivity index (χ0v) is 14.8. The number of rotatable bonds is 0. The summed E-state index contributed by atoms with van der Waals surface area (Å²) in [7, 11) is 0. The van der Waals surface area contributed by atoms with E-state index in [1.165, 1.54) is 0 Å². The predicted molar refractivity (Wildman–Crippen MR) is 71.6 cm³/mol. The standard InChI is InChI=1S/C5H2Br6O/c6-1-2(7)4(8,9)5(10,11)3(1)12/h1-2H. The van der Waals surface area contributed by atoms with Gasteiger partial charge in [-0.05, 0) is 0 Å². The van der Waals surface area contributed by atoms with Gasteiger partial charge in [-0.1, -0.05) is 95.6 Å². The van der Waals surface area contributed by atoms with Gasteiger partial charge in [0.05, 0.1) is 9.65 Å². The molecule has 70 valence electrons. The van der Waals surface area contributed by atoms with Gasteiger partial charge in [0.1, 0.15) is 3.23 Å². The zero-order chi connectivity index (χ0) is 9.73. The Morgan fingerprint density at radius 2 is 1.50 bits per heavy atom. The van der Waals surface area contributed by atoms with E-state index in [9.17, 15) is 4.79 Å². The Balaban J connectivity index is 3.14. The number of carbonyl (C=O) groups is 1. The quantitative estimate of drug-likeness (QED) is 0.411. The van der Waals surface area contributed by atoms with Crippen molar-refractivity contribution in [2.45, 2.75) is 16.1 Å². The van der Waals surface area contributed by atoms with Crippen LogP contribution in [0.4, 0.5) is 0 Å². The van der Waals surface area contributed by atoms with Crippen LogP contribution in [-0.4, -0.2) is 21.9 Å². The van der Waals surface area contributed by atoms with Gasteiger partial charge in [-0.2, -0.15) is 0 Å². The molecule has 0 radical (unpaired) electrons. The summed E-state index contributed by atoms with van der Waals surface area (Å²) in [6, 6.07) is 0. The average Bonchev–Trinajstić information content (AvgIpc) is 2.05. The number of ketones is 1. The van der Waals surface area contributed by atoms with Gasteiger partial charge < -0.3 is 0 Å². The fraction of sp³-hybridized carbons (Fsp3) is 0.800. The number of Topliss-reactive ketones (excluding diaryl/α,β-unsaturated/α-hetero) is 1. The molecule has 0 heterocycles. The summed E-state index contributed by atoms with van der Waals surface area (Å²) in [4.78, 5) is 11.4. The summed E-state index contributed by atoms with van der Waals surface area (Å²) in [6.45, 7) is 0. The van der Waals surface area contributed by atoms with Gasteiger partial charge in [0.2, 0.25) is 0 Å². The maximum absolute atomic E-state index is 11.6. The molecule has 1 aliphatic rings.